The Morgan fingerprint density at radius 1 is 1.56 bits per heavy atom. The van der Waals surface area contributed by atoms with Crippen molar-refractivity contribution in [3.05, 3.63) is 12.2 Å². The van der Waals surface area contributed by atoms with Gasteiger partial charge >= 0.3 is 0 Å². The second-order valence-electron chi connectivity index (χ2n) is 4.89. The fourth-order valence-corrected chi connectivity index (χ4v) is 2.01. The molecule has 4 nitrogen and oxygen atoms in total. The minimum absolute atomic E-state index is 0.00780. The van der Waals surface area contributed by atoms with Crippen molar-refractivity contribution in [1.29, 1.82) is 0 Å². The summed E-state index contributed by atoms with van der Waals surface area (Å²) in [6, 6.07) is 0.299. The highest BCUT2D eigenvalue weighted by atomic mass is 16.5. The molecule has 0 radical (unpaired) electrons. The lowest BCUT2D eigenvalue weighted by atomic mass is 10.0. The number of ether oxygens (including phenoxy) is 1. The molecule has 1 saturated heterocycles. The summed E-state index contributed by atoms with van der Waals surface area (Å²) in [5.74, 6) is 0.00780. The van der Waals surface area contributed by atoms with Crippen LogP contribution in [0.2, 0.25) is 0 Å². The first-order valence-electron chi connectivity index (χ1n) is 5.97. The third-order valence-electron chi connectivity index (χ3n) is 3.18. The van der Waals surface area contributed by atoms with Gasteiger partial charge in [0.05, 0.1) is 5.60 Å². The molecule has 4 heteroatoms. The third-order valence-corrected chi connectivity index (χ3v) is 3.18. The van der Waals surface area contributed by atoms with Crippen LogP contribution in [0.3, 0.4) is 0 Å². The topological polar surface area (TPSA) is 50.4 Å². The van der Waals surface area contributed by atoms with Crippen LogP contribution in [0.5, 0.6) is 0 Å². The fourth-order valence-electron chi connectivity index (χ4n) is 2.01. The van der Waals surface area contributed by atoms with E-state index in [1.165, 1.54) is 0 Å². The number of carbonyl (C=O) groups is 1. The van der Waals surface area contributed by atoms with Crippen molar-refractivity contribution in [1.82, 2.24) is 10.6 Å². The minimum Gasteiger partial charge on any atom is -0.363 e. The Balaban J connectivity index is 1.65. The summed E-state index contributed by atoms with van der Waals surface area (Å²) in [6.07, 6.45) is 7.35. The Kier molecular flexibility index (Phi) is 3.61. The Hall–Kier alpha value is -0.870. The maximum atomic E-state index is 11.6. The number of amides is 1. The van der Waals surface area contributed by atoms with Crippen molar-refractivity contribution in [3.8, 4) is 0 Å². The van der Waals surface area contributed by atoms with Crippen LogP contribution >= 0.6 is 0 Å². The Bertz CT molecular complexity index is 285. The van der Waals surface area contributed by atoms with E-state index >= 15 is 0 Å². The average molecular weight is 224 g/mol. The summed E-state index contributed by atoms with van der Waals surface area (Å²) in [5, 5.41) is 6.15. The highest BCUT2D eigenvalue weighted by molar-refractivity contribution is 5.77. The second kappa shape index (κ2) is 4.97. The van der Waals surface area contributed by atoms with Gasteiger partial charge in [-0.25, -0.2) is 0 Å². The predicted molar refractivity (Wildman–Crippen MR) is 62.1 cm³/mol. The lowest BCUT2D eigenvalue weighted by Crippen LogP contribution is -2.59. The first kappa shape index (κ1) is 11.6. The lowest BCUT2D eigenvalue weighted by molar-refractivity contribution is -0.136. The zero-order valence-corrected chi connectivity index (χ0v) is 9.79. The van der Waals surface area contributed by atoms with Gasteiger partial charge in [0.1, 0.15) is 6.61 Å². The van der Waals surface area contributed by atoms with E-state index in [0.29, 0.717) is 6.04 Å². The van der Waals surface area contributed by atoms with Crippen LogP contribution in [0.25, 0.3) is 0 Å². The summed E-state index contributed by atoms with van der Waals surface area (Å²) < 4.78 is 5.58. The number of rotatable bonds is 4. The maximum Gasteiger partial charge on any atom is 0.246 e. The monoisotopic (exact) mass is 224 g/mol. The van der Waals surface area contributed by atoms with Crippen molar-refractivity contribution >= 4 is 5.91 Å². The second-order valence-corrected chi connectivity index (χ2v) is 4.89. The Morgan fingerprint density at radius 2 is 2.38 bits per heavy atom. The molecule has 0 spiro atoms. The van der Waals surface area contributed by atoms with Crippen molar-refractivity contribution in [3.63, 3.8) is 0 Å². The molecule has 1 fully saturated rings. The van der Waals surface area contributed by atoms with E-state index in [1.807, 2.05) is 6.92 Å². The molecule has 2 N–H and O–H groups in total. The van der Waals surface area contributed by atoms with Crippen LogP contribution in [0.4, 0.5) is 0 Å². The summed E-state index contributed by atoms with van der Waals surface area (Å²) in [7, 11) is 0. The molecule has 0 saturated carbocycles. The van der Waals surface area contributed by atoms with Crippen molar-refractivity contribution in [2.24, 2.45) is 0 Å². The predicted octanol–water partition coefficient (Wildman–Crippen LogP) is 0.590. The Labute approximate surface area is 96.4 Å². The van der Waals surface area contributed by atoms with E-state index in [9.17, 15) is 4.79 Å². The van der Waals surface area contributed by atoms with Gasteiger partial charge < -0.3 is 15.4 Å². The molecule has 1 atom stereocenters. The van der Waals surface area contributed by atoms with Gasteiger partial charge in [-0.15, -0.1) is 0 Å². The highest BCUT2D eigenvalue weighted by Crippen LogP contribution is 2.15. The quantitative estimate of drug-likeness (QED) is 0.687. The molecule has 90 valence electrons. The molecule has 2 rings (SSSR count). The minimum atomic E-state index is -0.135. The van der Waals surface area contributed by atoms with Gasteiger partial charge in [0.15, 0.2) is 0 Å². The first-order valence-corrected chi connectivity index (χ1v) is 5.97. The standard InChI is InChI=1S/C12H20N2O2/c1-12(8-13-9-12)16-7-11(15)14-10-5-3-2-4-6-10/h2-3,10,13H,4-9H2,1H3,(H,14,15). The lowest BCUT2D eigenvalue weighted by Gasteiger charge is -2.38. The van der Waals surface area contributed by atoms with E-state index in [-0.39, 0.29) is 18.1 Å². The van der Waals surface area contributed by atoms with Gasteiger partial charge in [0.25, 0.3) is 0 Å². The van der Waals surface area contributed by atoms with Crippen LogP contribution in [0.1, 0.15) is 26.2 Å². The average Bonchev–Trinajstić information content (AvgIpc) is 2.25. The molecule has 1 aliphatic carbocycles. The summed E-state index contributed by atoms with van der Waals surface area (Å²) in [5.41, 5.74) is -0.135. The fraction of sp³-hybridized carbons (Fsp3) is 0.750. The summed E-state index contributed by atoms with van der Waals surface area (Å²) in [6.45, 7) is 3.89. The van der Waals surface area contributed by atoms with Gasteiger partial charge in [-0.2, -0.15) is 0 Å². The maximum absolute atomic E-state index is 11.6. The van der Waals surface area contributed by atoms with Crippen LogP contribution < -0.4 is 10.6 Å². The van der Waals surface area contributed by atoms with E-state index in [1.54, 1.807) is 0 Å². The van der Waals surface area contributed by atoms with E-state index < -0.39 is 0 Å². The molecule has 1 heterocycles. The Morgan fingerprint density at radius 3 is 2.94 bits per heavy atom. The van der Waals surface area contributed by atoms with E-state index in [4.69, 9.17) is 4.74 Å². The van der Waals surface area contributed by atoms with Crippen LogP contribution in [0, 0.1) is 0 Å². The molecular weight excluding hydrogens is 204 g/mol. The molecule has 1 amide bonds. The van der Waals surface area contributed by atoms with Gasteiger partial charge in [0, 0.05) is 19.1 Å². The van der Waals surface area contributed by atoms with Crippen LogP contribution in [-0.4, -0.2) is 37.2 Å². The van der Waals surface area contributed by atoms with E-state index in [2.05, 4.69) is 22.8 Å². The summed E-state index contributed by atoms with van der Waals surface area (Å²) in [4.78, 5) is 11.6. The molecule has 0 aromatic rings. The molecule has 0 bridgehead atoms. The third kappa shape index (κ3) is 3.06. The number of hydrogen-bond acceptors (Lipinski definition) is 3. The first-order chi connectivity index (χ1) is 7.68. The van der Waals surface area contributed by atoms with Crippen molar-refractivity contribution in [2.45, 2.75) is 37.8 Å². The van der Waals surface area contributed by atoms with Crippen LogP contribution in [-0.2, 0) is 9.53 Å². The number of nitrogens with one attached hydrogen (secondary N) is 2. The zero-order chi connectivity index (χ0) is 11.4. The zero-order valence-electron chi connectivity index (χ0n) is 9.79. The summed E-state index contributed by atoms with van der Waals surface area (Å²) >= 11 is 0. The highest BCUT2D eigenvalue weighted by Gasteiger charge is 2.33. The molecule has 1 aliphatic heterocycles. The number of carbonyl (C=O) groups excluding carboxylic acids is 1. The molecule has 1 unspecified atom stereocenters. The van der Waals surface area contributed by atoms with Crippen molar-refractivity contribution in [2.75, 3.05) is 19.7 Å². The molecule has 0 aromatic carbocycles. The number of hydrogen-bond donors (Lipinski definition) is 2. The number of allylic oxidation sites excluding steroid dienone is 1. The van der Waals surface area contributed by atoms with Gasteiger partial charge in [-0.1, -0.05) is 12.2 Å². The smallest absolute Gasteiger partial charge is 0.246 e. The van der Waals surface area contributed by atoms with E-state index in [0.717, 1.165) is 32.4 Å². The molecule has 16 heavy (non-hydrogen) atoms. The normalized spacial score (nSPS) is 27.2. The van der Waals surface area contributed by atoms with Crippen molar-refractivity contribution < 1.29 is 9.53 Å². The molecule has 2 aliphatic rings. The molecule has 0 aromatic heterocycles. The van der Waals surface area contributed by atoms with Crippen LogP contribution in [0.15, 0.2) is 12.2 Å². The van der Waals surface area contributed by atoms with Gasteiger partial charge in [0.2, 0.25) is 5.91 Å². The largest absolute Gasteiger partial charge is 0.363 e. The van der Waals surface area contributed by atoms with Gasteiger partial charge in [-0.05, 0) is 26.2 Å². The van der Waals surface area contributed by atoms with Gasteiger partial charge in [-0.3, -0.25) is 4.79 Å². The SMILES string of the molecule is CC1(OCC(=O)NC2CC=CCC2)CNC1. The molecular formula is C12H20N2O2.